The Bertz CT molecular complexity index is 319. The van der Waals surface area contributed by atoms with Gasteiger partial charge in [-0.2, -0.15) is 0 Å². The van der Waals surface area contributed by atoms with E-state index in [0.29, 0.717) is 11.1 Å². The maximum atomic E-state index is 12.7. The molecule has 0 saturated heterocycles. The first-order valence-electron chi connectivity index (χ1n) is 4.62. The van der Waals surface area contributed by atoms with Gasteiger partial charge in [0.25, 0.3) is 6.43 Å². The molecule has 1 aromatic rings. The Morgan fingerprint density at radius 1 is 1.27 bits per heavy atom. The van der Waals surface area contributed by atoms with Gasteiger partial charge in [-0.25, -0.2) is 8.78 Å². The molecule has 84 valence electrons. The highest BCUT2D eigenvalue weighted by Crippen LogP contribution is 2.36. The highest BCUT2D eigenvalue weighted by molar-refractivity contribution is 5.46. The lowest BCUT2D eigenvalue weighted by Crippen LogP contribution is -2.02. The van der Waals surface area contributed by atoms with E-state index in [-0.39, 0.29) is 11.3 Å². The summed E-state index contributed by atoms with van der Waals surface area (Å²) >= 11 is 0. The molecule has 0 amide bonds. The van der Waals surface area contributed by atoms with Crippen LogP contribution in [0.25, 0.3) is 0 Å². The Hall–Kier alpha value is -1.16. The number of aryl methyl sites for hydroxylation is 1. The Balaban J connectivity index is 3.38. The topological polar surface area (TPSA) is 29.5 Å². The Kier molecular flexibility index (Phi) is 3.63. The van der Waals surface area contributed by atoms with E-state index >= 15 is 0 Å². The third kappa shape index (κ3) is 2.45. The Morgan fingerprint density at radius 3 is 2.20 bits per heavy atom. The highest BCUT2D eigenvalue weighted by Gasteiger charge is 2.19. The van der Waals surface area contributed by atoms with Gasteiger partial charge in [-0.3, -0.25) is 0 Å². The van der Waals surface area contributed by atoms with E-state index in [2.05, 4.69) is 0 Å². The molecular formula is C11H14F2O2. The van der Waals surface area contributed by atoms with Crippen LogP contribution in [0.1, 0.15) is 36.1 Å². The number of hydrogen-bond donors (Lipinski definition) is 1. The summed E-state index contributed by atoms with van der Waals surface area (Å²) in [5, 5.41) is 9.44. The summed E-state index contributed by atoms with van der Waals surface area (Å²) < 4.78 is 30.3. The van der Waals surface area contributed by atoms with Crippen molar-refractivity contribution in [3.05, 3.63) is 28.8 Å². The first kappa shape index (κ1) is 11.9. The molecule has 0 heterocycles. The van der Waals surface area contributed by atoms with Crippen LogP contribution in [0.4, 0.5) is 8.78 Å². The van der Waals surface area contributed by atoms with E-state index in [0.717, 1.165) is 0 Å². The van der Waals surface area contributed by atoms with Gasteiger partial charge in [-0.05, 0) is 26.0 Å². The number of aliphatic hydroxyl groups excluding tert-OH is 1. The van der Waals surface area contributed by atoms with Crippen molar-refractivity contribution < 1.29 is 18.6 Å². The minimum atomic E-state index is -2.60. The molecule has 15 heavy (non-hydrogen) atoms. The number of halogens is 2. The van der Waals surface area contributed by atoms with Gasteiger partial charge in [-0.1, -0.05) is 5.56 Å². The zero-order valence-electron chi connectivity index (χ0n) is 8.92. The SMILES string of the molecule is COc1c(C(C)O)cc(C)cc1C(F)F. The van der Waals surface area contributed by atoms with Crippen molar-refractivity contribution in [2.24, 2.45) is 0 Å². The molecule has 4 heteroatoms. The lowest BCUT2D eigenvalue weighted by molar-refractivity contribution is 0.144. The van der Waals surface area contributed by atoms with Crippen molar-refractivity contribution >= 4 is 0 Å². The summed E-state index contributed by atoms with van der Waals surface area (Å²) in [5.41, 5.74) is 0.906. The third-order valence-corrected chi connectivity index (χ3v) is 2.18. The van der Waals surface area contributed by atoms with E-state index in [4.69, 9.17) is 4.74 Å². The van der Waals surface area contributed by atoms with Gasteiger partial charge < -0.3 is 9.84 Å². The Morgan fingerprint density at radius 2 is 1.80 bits per heavy atom. The molecule has 1 unspecified atom stereocenters. The van der Waals surface area contributed by atoms with Crippen molar-refractivity contribution in [2.75, 3.05) is 7.11 Å². The van der Waals surface area contributed by atoms with Crippen LogP contribution in [0, 0.1) is 6.92 Å². The number of aliphatic hydroxyl groups is 1. The maximum Gasteiger partial charge on any atom is 0.267 e. The summed E-state index contributed by atoms with van der Waals surface area (Å²) in [5.74, 6) is 0.0746. The van der Waals surface area contributed by atoms with Crippen molar-refractivity contribution in [2.45, 2.75) is 26.4 Å². The maximum absolute atomic E-state index is 12.7. The zero-order chi connectivity index (χ0) is 11.6. The summed E-state index contributed by atoms with van der Waals surface area (Å²) in [6.45, 7) is 3.23. The van der Waals surface area contributed by atoms with Gasteiger partial charge in [0.05, 0.1) is 18.8 Å². The van der Waals surface area contributed by atoms with Crippen molar-refractivity contribution in [3.63, 3.8) is 0 Å². The molecule has 1 atom stereocenters. The van der Waals surface area contributed by atoms with E-state index in [1.807, 2.05) is 0 Å². The van der Waals surface area contributed by atoms with E-state index < -0.39 is 12.5 Å². The standard InChI is InChI=1S/C11H14F2O2/c1-6-4-8(7(2)14)10(15-3)9(5-6)11(12)13/h4-5,7,11,14H,1-3H3. The zero-order valence-corrected chi connectivity index (χ0v) is 8.92. The fourth-order valence-electron chi connectivity index (χ4n) is 1.54. The molecule has 0 spiro atoms. The molecule has 0 saturated carbocycles. The quantitative estimate of drug-likeness (QED) is 0.841. The number of methoxy groups -OCH3 is 1. The van der Waals surface area contributed by atoms with Crippen molar-refractivity contribution in [3.8, 4) is 5.75 Å². The van der Waals surface area contributed by atoms with Crippen LogP contribution in [0.15, 0.2) is 12.1 Å². The molecule has 0 aliphatic carbocycles. The number of ether oxygens (including phenoxy) is 1. The van der Waals surface area contributed by atoms with E-state index in [1.165, 1.54) is 20.1 Å². The molecule has 2 nitrogen and oxygen atoms in total. The minimum Gasteiger partial charge on any atom is -0.496 e. The van der Waals surface area contributed by atoms with Crippen LogP contribution in [0.5, 0.6) is 5.75 Å². The highest BCUT2D eigenvalue weighted by atomic mass is 19.3. The number of hydrogen-bond acceptors (Lipinski definition) is 2. The predicted molar refractivity (Wildman–Crippen MR) is 53.3 cm³/mol. The fourth-order valence-corrected chi connectivity index (χ4v) is 1.54. The Labute approximate surface area is 87.5 Å². The summed E-state index contributed by atoms with van der Waals surface area (Å²) in [6.07, 6.45) is -3.42. The molecular weight excluding hydrogens is 202 g/mol. The van der Waals surface area contributed by atoms with Gasteiger partial charge in [-0.15, -0.1) is 0 Å². The van der Waals surface area contributed by atoms with Crippen LogP contribution in [-0.2, 0) is 0 Å². The monoisotopic (exact) mass is 216 g/mol. The molecule has 0 aromatic heterocycles. The van der Waals surface area contributed by atoms with Crippen molar-refractivity contribution in [1.82, 2.24) is 0 Å². The van der Waals surface area contributed by atoms with Gasteiger partial charge in [0.15, 0.2) is 0 Å². The van der Waals surface area contributed by atoms with E-state index in [1.54, 1.807) is 13.0 Å². The summed E-state index contributed by atoms with van der Waals surface area (Å²) in [6, 6.07) is 3.02. The first-order chi connectivity index (χ1) is 6.97. The molecule has 0 fully saturated rings. The van der Waals surface area contributed by atoms with E-state index in [9.17, 15) is 13.9 Å². The lowest BCUT2D eigenvalue weighted by Gasteiger charge is -2.16. The minimum absolute atomic E-state index is 0.0746. The first-order valence-corrected chi connectivity index (χ1v) is 4.62. The average Bonchev–Trinajstić information content (AvgIpc) is 2.16. The van der Waals surface area contributed by atoms with Crippen molar-refractivity contribution in [1.29, 1.82) is 0 Å². The summed E-state index contributed by atoms with van der Waals surface area (Å²) in [4.78, 5) is 0. The second-order valence-corrected chi connectivity index (χ2v) is 3.45. The largest absolute Gasteiger partial charge is 0.496 e. The smallest absolute Gasteiger partial charge is 0.267 e. The fraction of sp³-hybridized carbons (Fsp3) is 0.455. The van der Waals surface area contributed by atoms with Crippen LogP contribution in [0.3, 0.4) is 0 Å². The van der Waals surface area contributed by atoms with Gasteiger partial charge in [0, 0.05) is 5.56 Å². The number of alkyl halides is 2. The average molecular weight is 216 g/mol. The van der Waals surface area contributed by atoms with Crippen LogP contribution < -0.4 is 4.74 Å². The molecule has 0 aliphatic rings. The molecule has 1 rings (SSSR count). The molecule has 0 radical (unpaired) electrons. The normalized spacial score (nSPS) is 13.0. The number of benzene rings is 1. The lowest BCUT2D eigenvalue weighted by atomic mass is 10.0. The molecule has 0 aliphatic heterocycles. The van der Waals surface area contributed by atoms with Gasteiger partial charge >= 0.3 is 0 Å². The van der Waals surface area contributed by atoms with Crippen LogP contribution in [0.2, 0.25) is 0 Å². The number of rotatable bonds is 3. The third-order valence-electron chi connectivity index (χ3n) is 2.18. The second-order valence-electron chi connectivity index (χ2n) is 3.45. The molecule has 0 bridgehead atoms. The van der Waals surface area contributed by atoms with Crippen LogP contribution in [-0.4, -0.2) is 12.2 Å². The second kappa shape index (κ2) is 4.57. The van der Waals surface area contributed by atoms with Gasteiger partial charge in [0.1, 0.15) is 5.75 Å². The summed E-state index contributed by atoms with van der Waals surface area (Å²) in [7, 11) is 1.32. The van der Waals surface area contributed by atoms with Crippen LogP contribution >= 0.6 is 0 Å². The molecule has 1 N–H and O–H groups in total. The predicted octanol–water partition coefficient (Wildman–Crippen LogP) is 2.99. The van der Waals surface area contributed by atoms with Gasteiger partial charge in [0.2, 0.25) is 0 Å². The molecule has 1 aromatic carbocycles.